The smallest absolute Gasteiger partial charge is 0.178 e. The fourth-order valence-electron chi connectivity index (χ4n) is 3.12. The van der Waals surface area contributed by atoms with E-state index < -0.39 is 5.82 Å². The molecule has 0 bridgehead atoms. The molecule has 1 aromatic heterocycles. The first-order valence-electron chi connectivity index (χ1n) is 6.65. The lowest BCUT2D eigenvalue weighted by atomic mass is 9.87. The van der Waals surface area contributed by atoms with E-state index in [4.69, 9.17) is 23.8 Å². The molecule has 19 heavy (non-hydrogen) atoms. The van der Waals surface area contributed by atoms with Crippen LogP contribution in [0.1, 0.15) is 38.6 Å². The van der Waals surface area contributed by atoms with Crippen LogP contribution in [0.4, 0.5) is 4.39 Å². The molecule has 2 nitrogen and oxygen atoms in total. The molecule has 1 N–H and O–H groups in total. The van der Waals surface area contributed by atoms with Crippen molar-refractivity contribution in [2.45, 2.75) is 38.6 Å². The minimum atomic E-state index is -0.408. The van der Waals surface area contributed by atoms with E-state index in [2.05, 4.69) is 16.5 Å². The predicted octanol–water partition coefficient (Wildman–Crippen LogP) is 5.24. The molecule has 2 aromatic rings. The van der Waals surface area contributed by atoms with Gasteiger partial charge in [0.1, 0.15) is 5.82 Å². The SMILES string of the molecule is CC1CCCC(n2c(=S)[nH]c3cc(F)c(Cl)cc32)C1. The summed E-state index contributed by atoms with van der Waals surface area (Å²) >= 11 is 11.3. The van der Waals surface area contributed by atoms with E-state index in [1.165, 1.54) is 18.9 Å². The highest BCUT2D eigenvalue weighted by molar-refractivity contribution is 7.71. The number of aromatic nitrogens is 2. The maximum atomic E-state index is 13.5. The van der Waals surface area contributed by atoms with Crippen LogP contribution < -0.4 is 0 Å². The van der Waals surface area contributed by atoms with Gasteiger partial charge in [0.2, 0.25) is 0 Å². The third-order valence-electron chi connectivity index (χ3n) is 4.03. The average Bonchev–Trinajstić information content (AvgIpc) is 2.65. The van der Waals surface area contributed by atoms with Crippen LogP contribution in [0.25, 0.3) is 11.0 Å². The minimum Gasteiger partial charge on any atom is -0.330 e. The molecule has 1 saturated carbocycles. The topological polar surface area (TPSA) is 20.7 Å². The predicted molar refractivity (Wildman–Crippen MR) is 78.8 cm³/mol. The van der Waals surface area contributed by atoms with E-state index in [9.17, 15) is 4.39 Å². The van der Waals surface area contributed by atoms with E-state index in [1.54, 1.807) is 6.07 Å². The molecule has 102 valence electrons. The number of hydrogen-bond donors (Lipinski definition) is 1. The Morgan fingerprint density at radius 1 is 1.42 bits per heavy atom. The van der Waals surface area contributed by atoms with Gasteiger partial charge in [0.15, 0.2) is 4.77 Å². The summed E-state index contributed by atoms with van der Waals surface area (Å²) in [5.41, 5.74) is 1.64. The first-order valence-corrected chi connectivity index (χ1v) is 7.44. The van der Waals surface area contributed by atoms with Crippen molar-refractivity contribution in [1.29, 1.82) is 0 Å². The molecule has 5 heteroatoms. The number of halogens is 2. The summed E-state index contributed by atoms with van der Waals surface area (Å²) in [6.45, 7) is 2.28. The first-order chi connectivity index (χ1) is 9.06. The second-order valence-electron chi connectivity index (χ2n) is 5.51. The molecule has 1 heterocycles. The highest BCUT2D eigenvalue weighted by atomic mass is 35.5. The van der Waals surface area contributed by atoms with Crippen LogP contribution in [0.2, 0.25) is 5.02 Å². The molecule has 1 aliphatic rings. The Hall–Kier alpha value is -0.870. The van der Waals surface area contributed by atoms with E-state index >= 15 is 0 Å². The van der Waals surface area contributed by atoms with Crippen molar-refractivity contribution in [2.24, 2.45) is 5.92 Å². The van der Waals surface area contributed by atoms with Gasteiger partial charge in [-0.15, -0.1) is 0 Å². The zero-order valence-electron chi connectivity index (χ0n) is 10.7. The number of benzene rings is 1. The molecule has 1 aromatic carbocycles. The summed E-state index contributed by atoms with van der Waals surface area (Å²) in [6, 6.07) is 3.50. The summed E-state index contributed by atoms with van der Waals surface area (Å²) in [7, 11) is 0. The molecule has 0 amide bonds. The van der Waals surface area contributed by atoms with Gasteiger partial charge in [-0.1, -0.05) is 31.4 Å². The van der Waals surface area contributed by atoms with Gasteiger partial charge in [-0.05, 0) is 37.0 Å². The van der Waals surface area contributed by atoms with Crippen LogP contribution in [-0.4, -0.2) is 9.55 Å². The Morgan fingerprint density at radius 3 is 2.95 bits per heavy atom. The molecule has 3 rings (SSSR count). The van der Waals surface area contributed by atoms with Crippen molar-refractivity contribution < 1.29 is 4.39 Å². The fourth-order valence-corrected chi connectivity index (χ4v) is 3.64. The number of fused-ring (bicyclic) bond motifs is 1. The van der Waals surface area contributed by atoms with Gasteiger partial charge in [-0.2, -0.15) is 0 Å². The first kappa shape index (κ1) is 13.1. The monoisotopic (exact) mass is 298 g/mol. The lowest BCUT2D eigenvalue weighted by Gasteiger charge is -2.28. The van der Waals surface area contributed by atoms with Crippen molar-refractivity contribution >= 4 is 34.9 Å². The quantitative estimate of drug-likeness (QED) is 0.714. The molecule has 2 atom stereocenters. The average molecular weight is 299 g/mol. The lowest BCUT2D eigenvalue weighted by Crippen LogP contribution is -2.17. The second-order valence-corrected chi connectivity index (χ2v) is 6.30. The largest absolute Gasteiger partial charge is 0.330 e. The second kappa shape index (κ2) is 4.91. The highest BCUT2D eigenvalue weighted by Crippen LogP contribution is 2.35. The molecule has 0 spiro atoms. The summed E-state index contributed by atoms with van der Waals surface area (Å²) < 4.78 is 16.3. The molecule has 1 fully saturated rings. The zero-order valence-corrected chi connectivity index (χ0v) is 12.3. The summed E-state index contributed by atoms with van der Waals surface area (Å²) in [5, 5.41) is 0.152. The van der Waals surface area contributed by atoms with Crippen LogP contribution in [-0.2, 0) is 0 Å². The number of hydrogen-bond acceptors (Lipinski definition) is 1. The number of nitrogens with zero attached hydrogens (tertiary/aromatic N) is 1. The normalized spacial score (nSPS) is 23.9. The standard InChI is InChI=1S/C14H16ClFN2S/c1-8-3-2-4-9(5-8)18-13-6-10(15)11(16)7-12(13)17-14(18)19/h6-9H,2-5H2,1H3,(H,17,19). The summed E-state index contributed by atoms with van der Waals surface area (Å²) in [4.78, 5) is 3.09. The Bertz CT molecular complexity index is 676. The van der Waals surface area contributed by atoms with E-state index in [0.717, 1.165) is 23.9 Å². The van der Waals surface area contributed by atoms with Crippen LogP contribution in [0.5, 0.6) is 0 Å². The maximum Gasteiger partial charge on any atom is 0.178 e. The van der Waals surface area contributed by atoms with Crippen molar-refractivity contribution in [3.63, 3.8) is 0 Å². The minimum absolute atomic E-state index is 0.152. The van der Waals surface area contributed by atoms with Gasteiger partial charge in [0, 0.05) is 12.1 Å². The Morgan fingerprint density at radius 2 is 2.21 bits per heavy atom. The number of H-pyrrole nitrogens is 1. The summed E-state index contributed by atoms with van der Waals surface area (Å²) in [6.07, 6.45) is 4.74. The third kappa shape index (κ3) is 2.32. The van der Waals surface area contributed by atoms with E-state index in [1.807, 2.05) is 0 Å². The molecular weight excluding hydrogens is 283 g/mol. The molecule has 1 aliphatic carbocycles. The van der Waals surface area contributed by atoms with Crippen molar-refractivity contribution in [3.05, 3.63) is 27.7 Å². The Balaban J connectivity index is 2.14. The number of aromatic amines is 1. The van der Waals surface area contributed by atoms with Crippen molar-refractivity contribution in [1.82, 2.24) is 9.55 Å². The molecular formula is C14H16ClFN2S. The number of imidazole rings is 1. The van der Waals surface area contributed by atoms with Crippen molar-refractivity contribution in [2.75, 3.05) is 0 Å². The van der Waals surface area contributed by atoms with Crippen molar-refractivity contribution in [3.8, 4) is 0 Å². The number of rotatable bonds is 1. The molecule has 0 radical (unpaired) electrons. The van der Waals surface area contributed by atoms with Gasteiger partial charge in [0.05, 0.1) is 16.1 Å². The van der Waals surface area contributed by atoms with E-state index in [0.29, 0.717) is 16.7 Å². The Kier molecular flexibility index (Phi) is 3.39. The van der Waals surface area contributed by atoms with Crippen LogP contribution in [0, 0.1) is 16.5 Å². The molecule has 2 unspecified atom stereocenters. The van der Waals surface area contributed by atoms with E-state index in [-0.39, 0.29) is 5.02 Å². The highest BCUT2D eigenvalue weighted by Gasteiger charge is 2.23. The van der Waals surface area contributed by atoms with Crippen LogP contribution >= 0.6 is 23.8 Å². The zero-order chi connectivity index (χ0) is 13.6. The number of nitrogens with one attached hydrogen (secondary N) is 1. The van der Waals surface area contributed by atoms with Crippen LogP contribution in [0.3, 0.4) is 0 Å². The van der Waals surface area contributed by atoms with Gasteiger partial charge in [0.25, 0.3) is 0 Å². The summed E-state index contributed by atoms with van der Waals surface area (Å²) in [5.74, 6) is 0.302. The lowest BCUT2D eigenvalue weighted by molar-refractivity contribution is 0.285. The fraction of sp³-hybridized carbons (Fsp3) is 0.500. The van der Waals surface area contributed by atoms with Crippen LogP contribution in [0.15, 0.2) is 12.1 Å². The molecule has 0 saturated heterocycles. The van der Waals surface area contributed by atoms with Gasteiger partial charge >= 0.3 is 0 Å². The van der Waals surface area contributed by atoms with Gasteiger partial charge in [-0.3, -0.25) is 0 Å². The Labute approximate surface area is 121 Å². The molecule has 0 aliphatic heterocycles. The van der Waals surface area contributed by atoms with Gasteiger partial charge < -0.3 is 9.55 Å². The maximum absolute atomic E-state index is 13.5. The van der Waals surface area contributed by atoms with Gasteiger partial charge in [-0.25, -0.2) is 4.39 Å². The third-order valence-corrected chi connectivity index (χ3v) is 4.62.